The lowest BCUT2D eigenvalue weighted by Gasteiger charge is -2.26. The summed E-state index contributed by atoms with van der Waals surface area (Å²) >= 11 is 0. The van der Waals surface area contributed by atoms with Crippen LogP contribution < -0.4 is 0 Å². The molecule has 0 amide bonds. The monoisotopic (exact) mass is 623 g/mol. The van der Waals surface area contributed by atoms with E-state index in [1.54, 1.807) is 5.56 Å². The molecular formula is C45H82. The van der Waals surface area contributed by atoms with Gasteiger partial charge in [0.2, 0.25) is 0 Å². The second-order valence-electron chi connectivity index (χ2n) is 11.0. The first-order valence-electron chi connectivity index (χ1n) is 18.1. The van der Waals surface area contributed by atoms with Crippen molar-refractivity contribution in [3.05, 3.63) is 106 Å². The maximum absolute atomic E-state index is 2.39. The van der Waals surface area contributed by atoms with Crippen molar-refractivity contribution in [1.29, 1.82) is 0 Å². The number of benzene rings is 3. The SMILES string of the molecule is C.C.CC.CC.CC.CCC.CCC.CCC.Cc1ccc(Cc2ccc(Cc3ccc(C4CCC(C)CC4)cc3)cc2)cc1. The fraction of sp³-hybridized carbons (Fsp3) is 0.600. The molecule has 0 aromatic heterocycles. The van der Waals surface area contributed by atoms with Gasteiger partial charge in [0.25, 0.3) is 0 Å². The molecule has 1 saturated carbocycles. The molecule has 0 N–H and O–H groups in total. The summed E-state index contributed by atoms with van der Waals surface area (Å²) in [5.41, 5.74) is 8.44. The Morgan fingerprint density at radius 2 is 0.689 bits per heavy atom. The van der Waals surface area contributed by atoms with Gasteiger partial charge in [-0.2, -0.15) is 0 Å². The molecule has 0 nitrogen and oxygen atoms in total. The Kier molecular flexibility index (Phi) is 43.9. The number of rotatable bonds is 5. The quantitative estimate of drug-likeness (QED) is 0.265. The molecule has 3 aromatic rings. The van der Waals surface area contributed by atoms with Crippen molar-refractivity contribution in [3.63, 3.8) is 0 Å². The second kappa shape index (κ2) is 37.8. The minimum absolute atomic E-state index is 0. The Morgan fingerprint density at radius 3 is 0.978 bits per heavy atom. The molecular weight excluding hydrogens is 540 g/mol. The molecule has 0 heterocycles. The van der Waals surface area contributed by atoms with Gasteiger partial charge < -0.3 is 0 Å². The van der Waals surface area contributed by atoms with Crippen molar-refractivity contribution in [2.24, 2.45) is 5.92 Å². The van der Waals surface area contributed by atoms with E-state index in [0.717, 1.165) is 24.7 Å². The summed E-state index contributed by atoms with van der Waals surface area (Å²) in [4.78, 5) is 0. The summed E-state index contributed by atoms with van der Waals surface area (Å²) in [5.74, 6) is 1.70. The first-order valence-corrected chi connectivity index (χ1v) is 18.1. The van der Waals surface area contributed by atoms with E-state index in [0.29, 0.717) is 0 Å². The molecule has 1 aliphatic rings. The fourth-order valence-electron chi connectivity index (χ4n) is 4.45. The zero-order valence-corrected chi connectivity index (χ0v) is 31.4. The van der Waals surface area contributed by atoms with Crippen molar-refractivity contribution >= 4 is 0 Å². The van der Waals surface area contributed by atoms with Gasteiger partial charge in [-0.25, -0.2) is 0 Å². The van der Waals surface area contributed by atoms with Crippen molar-refractivity contribution in [2.45, 2.75) is 175 Å². The van der Waals surface area contributed by atoms with Gasteiger partial charge in [0.05, 0.1) is 0 Å². The Morgan fingerprint density at radius 1 is 0.444 bits per heavy atom. The van der Waals surface area contributed by atoms with Gasteiger partial charge >= 0.3 is 0 Å². The number of aryl methyl sites for hydroxylation is 1. The zero-order chi connectivity index (χ0) is 33.5. The maximum atomic E-state index is 2.39. The van der Waals surface area contributed by atoms with Crippen LogP contribution in [0.25, 0.3) is 0 Å². The van der Waals surface area contributed by atoms with E-state index in [1.165, 1.54) is 72.8 Å². The van der Waals surface area contributed by atoms with Crippen LogP contribution in [-0.4, -0.2) is 0 Å². The van der Waals surface area contributed by atoms with Gasteiger partial charge in [-0.3, -0.25) is 0 Å². The highest BCUT2D eigenvalue weighted by Crippen LogP contribution is 2.35. The van der Waals surface area contributed by atoms with E-state index in [9.17, 15) is 0 Å². The molecule has 0 spiro atoms. The third-order valence-electron chi connectivity index (χ3n) is 6.43. The van der Waals surface area contributed by atoms with Gasteiger partial charge in [-0.15, -0.1) is 0 Å². The van der Waals surface area contributed by atoms with Crippen LogP contribution in [0.5, 0.6) is 0 Å². The summed E-state index contributed by atoms with van der Waals surface area (Å²) in [6.45, 7) is 29.3. The van der Waals surface area contributed by atoms with Crippen LogP contribution in [-0.2, 0) is 12.8 Å². The van der Waals surface area contributed by atoms with E-state index in [1.807, 2.05) is 41.5 Å². The summed E-state index contributed by atoms with van der Waals surface area (Å²) in [6, 6.07) is 27.4. The first-order chi connectivity index (χ1) is 20.9. The van der Waals surface area contributed by atoms with Gasteiger partial charge in [0.1, 0.15) is 0 Å². The minimum Gasteiger partial charge on any atom is -0.0776 e. The van der Waals surface area contributed by atoms with Gasteiger partial charge in [-0.1, -0.05) is 215 Å². The van der Waals surface area contributed by atoms with Crippen molar-refractivity contribution in [1.82, 2.24) is 0 Å². The Labute approximate surface area is 286 Å². The normalized spacial score (nSPS) is 13.7. The Bertz CT molecular complexity index is 903. The van der Waals surface area contributed by atoms with Crippen LogP contribution in [0.15, 0.2) is 72.8 Å². The second-order valence-corrected chi connectivity index (χ2v) is 11.0. The summed E-state index contributed by atoms with van der Waals surface area (Å²) < 4.78 is 0. The largest absolute Gasteiger partial charge is 0.0776 e. The third kappa shape index (κ3) is 26.6. The van der Waals surface area contributed by atoms with Crippen LogP contribution >= 0.6 is 0 Å². The van der Waals surface area contributed by atoms with Gasteiger partial charge in [0.15, 0.2) is 0 Å². The van der Waals surface area contributed by atoms with E-state index in [-0.39, 0.29) is 14.9 Å². The standard InChI is InChI=1S/C28H32.3C3H8.3C2H6.2CH4/c1-21-3-7-23(8-4-21)19-24-9-11-25(12-10-24)20-26-13-17-28(18-14-26)27-15-5-22(2)6-16-27;3*1-3-2;3*1-2;;/h3-4,7-14,17-18,22,27H,5-6,15-16,19-20H2,1-2H3;3*3H2,1-2H3;3*1-2H3;2*1H4. The van der Waals surface area contributed by atoms with Crippen molar-refractivity contribution in [2.75, 3.05) is 0 Å². The van der Waals surface area contributed by atoms with Gasteiger partial charge in [-0.05, 0) is 72.3 Å². The molecule has 3 aromatic carbocycles. The van der Waals surface area contributed by atoms with E-state index >= 15 is 0 Å². The summed E-state index contributed by atoms with van der Waals surface area (Å²) in [7, 11) is 0. The van der Waals surface area contributed by atoms with Crippen LogP contribution in [0, 0.1) is 12.8 Å². The third-order valence-corrected chi connectivity index (χ3v) is 6.43. The molecule has 0 heteroatoms. The van der Waals surface area contributed by atoms with Crippen LogP contribution in [0.4, 0.5) is 0 Å². The molecule has 0 atom stereocenters. The maximum Gasteiger partial charge on any atom is -0.00258 e. The molecule has 4 rings (SSSR count). The van der Waals surface area contributed by atoms with E-state index in [4.69, 9.17) is 0 Å². The molecule has 0 aliphatic heterocycles. The van der Waals surface area contributed by atoms with Crippen LogP contribution in [0.3, 0.4) is 0 Å². The minimum atomic E-state index is 0. The highest BCUT2D eigenvalue weighted by molar-refractivity contribution is 5.34. The van der Waals surface area contributed by atoms with Crippen LogP contribution in [0.1, 0.15) is 189 Å². The highest BCUT2D eigenvalue weighted by atomic mass is 14.2. The molecule has 0 saturated heterocycles. The summed E-state index contributed by atoms with van der Waals surface area (Å²) in [6.07, 6.45) is 11.3. The van der Waals surface area contributed by atoms with Crippen LogP contribution in [0.2, 0.25) is 0 Å². The van der Waals surface area contributed by atoms with Gasteiger partial charge in [0, 0.05) is 0 Å². The fourth-order valence-corrected chi connectivity index (χ4v) is 4.45. The highest BCUT2D eigenvalue weighted by Gasteiger charge is 2.19. The lowest BCUT2D eigenvalue weighted by Crippen LogP contribution is -2.10. The molecule has 0 bridgehead atoms. The molecule has 45 heavy (non-hydrogen) atoms. The lowest BCUT2D eigenvalue weighted by atomic mass is 9.79. The predicted octanol–water partition coefficient (Wildman–Crippen LogP) is 16.1. The smallest absolute Gasteiger partial charge is 0.00258 e. The Balaban J connectivity index is -0.000000271. The first kappa shape index (κ1) is 52.2. The lowest BCUT2D eigenvalue weighted by molar-refractivity contribution is 0.348. The number of hydrogen-bond donors (Lipinski definition) is 0. The average Bonchev–Trinajstić information content (AvgIpc) is 3.04. The Hall–Kier alpha value is -2.34. The molecule has 0 radical (unpaired) electrons. The zero-order valence-electron chi connectivity index (χ0n) is 31.4. The van der Waals surface area contributed by atoms with Crippen molar-refractivity contribution < 1.29 is 0 Å². The number of hydrogen-bond acceptors (Lipinski definition) is 0. The van der Waals surface area contributed by atoms with E-state index in [2.05, 4.69) is 128 Å². The van der Waals surface area contributed by atoms with E-state index < -0.39 is 0 Å². The predicted molar refractivity (Wildman–Crippen MR) is 215 cm³/mol. The average molecular weight is 623 g/mol. The molecule has 1 aliphatic carbocycles. The molecule has 0 unspecified atom stereocenters. The van der Waals surface area contributed by atoms with Crippen molar-refractivity contribution in [3.8, 4) is 0 Å². The topological polar surface area (TPSA) is 0 Å². The summed E-state index contributed by atoms with van der Waals surface area (Å²) in [5, 5.41) is 0. The molecule has 262 valence electrons. The molecule has 1 fully saturated rings.